The summed E-state index contributed by atoms with van der Waals surface area (Å²) >= 11 is 0. The van der Waals surface area contributed by atoms with Crippen LogP contribution < -0.4 is 5.43 Å². The highest BCUT2D eigenvalue weighted by atomic mass is 31.2. The molecule has 22 heavy (non-hydrogen) atoms. The Morgan fingerprint density at radius 2 is 0.818 bits per heavy atom. The van der Waals surface area contributed by atoms with Crippen LogP contribution in [0.3, 0.4) is 0 Å². The first kappa shape index (κ1) is 26.2. The lowest BCUT2D eigenvalue weighted by Gasteiger charge is -1.82. The fraction of sp³-hybridized carbons (Fsp3) is 0. The monoisotopic (exact) mass is 389 g/mol. The first-order valence-corrected chi connectivity index (χ1v) is 9.07. The van der Waals surface area contributed by atoms with Crippen molar-refractivity contribution in [1.82, 2.24) is 4.98 Å². The van der Waals surface area contributed by atoms with Gasteiger partial charge in [0.1, 0.15) is 0 Å². The molecule has 0 atom stereocenters. The number of nitrogens with one attached hydrogen (secondary N) is 1. The molecule has 1 heterocycles. The number of hydrogen-bond acceptors (Lipinski definition) is 4. The summed E-state index contributed by atoms with van der Waals surface area (Å²) in [6.45, 7) is 0. The van der Waals surface area contributed by atoms with Gasteiger partial charge in [-0.3, -0.25) is 4.79 Å². The van der Waals surface area contributed by atoms with Crippen LogP contribution in [0.1, 0.15) is 0 Å². The predicted molar refractivity (Wildman–Crippen MR) is 69.9 cm³/mol. The normalized spacial score (nSPS) is 10.8. The van der Waals surface area contributed by atoms with Crippen LogP contribution in [-0.2, 0) is 13.7 Å². The molecule has 1 rings (SSSR count). The van der Waals surface area contributed by atoms with Crippen LogP contribution in [0.25, 0.3) is 0 Å². The molecule has 14 nitrogen and oxygen atoms in total. The summed E-state index contributed by atoms with van der Waals surface area (Å²) in [5, 5.41) is 0. The molecule has 0 unspecified atom stereocenters. The second-order valence-corrected chi connectivity index (χ2v) is 5.86. The van der Waals surface area contributed by atoms with Gasteiger partial charge in [-0.15, -0.1) is 0 Å². The van der Waals surface area contributed by atoms with Gasteiger partial charge in [0.15, 0.2) is 5.43 Å². The maximum atomic E-state index is 10.2. The van der Waals surface area contributed by atoms with E-state index in [1.54, 1.807) is 12.4 Å². The van der Waals surface area contributed by atoms with E-state index >= 15 is 0 Å². The number of H-pyrrole nitrogens is 1. The number of aromatic nitrogens is 1. The van der Waals surface area contributed by atoms with Crippen molar-refractivity contribution in [2.24, 2.45) is 0 Å². The summed E-state index contributed by atoms with van der Waals surface area (Å²) in [6, 6.07) is 2.94. The molecule has 0 fully saturated rings. The van der Waals surface area contributed by atoms with Crippen molar-refractivity contribution >= 4 is 23.5 Å². The van der Waals surface area contributed by atoms with Crippen molar-refractivity contribution in [1.29, 1.82) is 0 Å². The van der Waals surface area contributed by atoms with Crippen molar-refractivity contribution in [2.45, 2.75) is 0 Å². The molecule has 0 aliphatic rings. The minimum atomic E-state index is -4.64. The topological polar surface area (TPSA) is 266 Å². The molecule has 0 spiro atoms. The predicted octanol–water partition coefficient (Wildman–Crippen LogP) is -2.41. The van der Waals surface area contributed by atoms with Crippen LogP contribution >= 0.6 is 23.5 Å². The molecule has 0 amide bonds. The van der Waals surface area contributed by atoms with E-state index in [1.165, 1.54) is 12.1 Å². The van der Waals surface area contributed by atoms with E-state index in [9.17, 15) is 4.79 Å². The summed E-state index contributed by atoms with van der Waals surface area (Å²) in [4.78, 5) is 77.7. The Bertz CT molecular complexity index is 490. The summed E-state index contributed by atoms with van der Waals surface area (Å²) in [5.41, 5.74) is 0.0405. The maximum absolute atomic E-state index is 10.2. The lowest BCUT2D eigenvalue weighted by molar-refractivity contribution is 0.272. The highest BCUT2D eigenvalue weighted by Crippen LogP contribution is 2.26. The summed E-state index contributed by atoms with van der Waals surface area (Å²) in [7, 11) is -13.9. The summed E-state index contributed by atoms with van der Waals surface area (Å²) < 4.78 is 26.6. The summed E-state index contributed by atoms with van der Waals surface area (Å²) in [6.07, 6.45) is 3.20. The quantitative estimate of drug-likeness (QED) is 0.207. The molecule has 0 aromatic carbocycles. The van der Waals surface area contributed by atoms with Gasteiger partial charge in [0.2, 0.25) is 0 Å². The van der Waals surface area contributed by atoms with Crippen molar-refractivity contribution in [3.05, 3.63) is 34.7 Å². The van der Waals surface area contributed by atoms with Gasteiger partial charge in [-0.05, 0) is 0 Å². The molecule has 0 bridgehead atoms. The minimum Gasteiger partial charge on any atom is -0.367 e. The van der Waals surface area contributed by atoms with Gasteiger partial charge in [0.25, 0.3) is 0 Å². The second kappa shape index (κ2) is 11.8. The van der Waals surface area contributed by atoms with Crippen LogP contribution in [0.4, 0.5) is 0 Å². The zero-order valence-corrected chi connectivity index (χ0v) is 13.0. The zero-order chi connectivity index (χ0) is 18.6. The zero-order valence-electron chi connectivity index (χ0n) is 10.3. The molecule has 0 aliphatic carbocycles. The Balaban J connectivity index is -0.000000223. The lowest BCUT2D eigenvalue weighted by atomic mass is 10.5. The third kappa shape index (κ3) is 122. The molecule has 132 valence electrons. The van der Waals surface area contributed by atoms with Crippen LogP contribution in [0.15, 0.2) is 29.3 Å². The third-order valence-electron chi connectivity index (χ3n) is 0.688. The molecular weight excluding hydrogens is 375 g/mol. The first-order chi connectivity index (χ1) is 9.39. The maximum Gasteiger partial charge on any atom is 0.466 e. The first-order valence-electron chi connectivity index (χ1n) is 4.37. The molecule has 0 aliphatic heterocycles. The van der Waals surface area contributed by atoms with Gasteiger partial charge < -0.3 is 49.0 Å². The Labute approximate surface area is 122 Å². The second-order valence-electron chi connectivity index (χ2n) is 2.78. The molecule has 10 N–H and O–H groups in total. The van der Waals surface area contributed by atoms with E-state index in [-0.39, 0.29) is 5.43 Å². The molecule has 1 aromatic rings. The van der Waals surface area contributed by atoms with E-state index in [1.807, 2.05) is 0 Å². The highest BCUT2D eigenvalue weighted by molar-refractivity contribution is 7.45. The number of rotatable bonds is 0. The largest absolute Gasteiger partial charge is 0.466 e. The van der Waals surface area contributed by atoms with Gasteiger partial charge in [-0.1, -0.05) is 0 Å². The van der Waals surface area contributed by atoms with Gasteiger partial charge in [0, 0.05) is 24.5 Å². The molecule has 17 heteroatoms. The fourth-order valence-electron chi connectivity index (χ4n) is 0.372. The van der Waals surface area contributed by atoms with Gasteiger partial charge in [-0.25, -0.2) is 13.7 Å². The highest BCUT2D eigenvalue weighted by Gasteiger charge is 2.01. The van der Waals surface area contributed by atoms with E-state index in [0.29, 0.717) is 0 Å². The number of hydrogen-bond donors (Lipinski definition) is 10. The van der Waals surface area contributed by atoms with Crippen molar-refractivity contribution in [2.75, 3.05) is 0 Å². The van der Waals surface area contributed by atoms with E-state index in [4.69, 9.17) is 57.7 Å². The molecule has 1 aromatic heterocycles. The van der Waals surface area contributed by atoms with Gasteiger partial charge in [-0.2, -0.15) is 0 Å². The Morgan fingerprint density at radius 1 is 0.636 bits per heavy atom. The van der Waals surface area contributed by atoms with Crippen molar-refractivity contribution < 1.29 is 57.7 Å². The number of phosphoric acid groups is 3. The van der Waals surface area contributed by atoms with Crippen LogP contribution in [0, 0.1) is 0 Å². The summed E-state index contributed by atoms with van der Waals surface area (Å²) in [5.74, 6) is 0. The molecule has 0 saturated heterocycles. The molecular formula is C5H14NO13P3. The van der Waals surface area contributed by atoms with Crippen LogP contribution in [0.2, 0.25) is 0 Å². The Kier molecular flexibility index (Phi) is 14.0. The number of aromatic amines is 1. The third-order valence-corrected chi connectivity index (χ3v) is 0.688. The van der Waals surface area contributed by atoms with Crippen LogP contribution in [-0.4, -0.2) is 49.0 Å². The average Bonchev–Trinajstić information content (AvgIpc) is 2.09. The smallest absolute Gasteiger partial charge is 0.367 e. The van der Waals surface area contributed by atoms with Gasteiger partial charge >= 0.3 is 23.5 Å². The van der Waals surface area contributed by atoms with E-state index < -0.39 is 23.5 Å². The standard InChI is InChI=1S/C5H5NO.3H3O4P/c7-5-1-3-6-4-2-5;3*1-5(2,3)4/h1-4H,(H,6,7);3*(H3,1,2,3,4). The van der Waals surface area contributed by atoms with Crippen molar-refractivity contribution in [3.8, 4) is 0 Å². The SMILES string of the molecule is O=P(O)(O)O.O=P(O)(O)O.O=P(O)(O)O.O=c1cc[nH]cc1. The van der Waals surface area contributed by atoms with Crippen molar-refractivity contribution in [3.63, 3.8) is 0 Å². The average molecular weight is 389 g/mol. The molecule has 0 saturated carbocycles. The molecule has 0 radical (unpaired) electrons. The fourth-order valence-corrected chi connectivity index (χ4v) is 0.372. The Morgan fingerprint density at radius 3 is 0.909 bits per heavy atom. The number of pyridine rings is 1. The van der Waals surface area contributed by atoms with E-state index in [0.717, 1.165) is 0 Å². The van der Waals surface area contributed by atoms with Crippen LogP contribution in [0.5, 0.6) is 0 Å². The lowest BCUT2D eigenvalue weighted by Crippen LogP contribution is -1.92. The Hall–Kier alpha value is -0.720. The minimum absolute atomic E-state index is 0.0405. The van der Waals surface area contributed by atoms with Gasteiger partial charge in [0.05, 0.1) is 0 Å². The van der Waals surface area contributed by atoms with E-state index in [2.05, 4.69) is 4.98 Å².